The van der Waals surface area contributed by atoms with E-state index in [0.29, 0.717) is 0 Å². The van der Waals surface area contributed by atoms with Crippen molar-refractivity contribution in [3.05, 3.63) is 106 Å². The molecule has 222 valence electrons. The number of hydrogen-bond donors (Lipinski definition) is 2. The summed E-state index contributed by atoms with van der Waals surface area (Å²) in [6.07, 6.45) is 1.61. The maximum absolute atomic E-state index is 7.94. The van der Waals surface area contributed by atoms with E-state index in [1.165, 1.54) is 54.1 Å². The molecule has 0 bridgehead atoms. The Morgan fingerprint density at radius 2 is 1.04 bits per heavy atom. The third-order valence-corrected chi connectivity index (χ3v) is 18.8. The molecule has 5 aliphatic rings. The van der Waals surface area contributed by atoms with Gasteiger partial charge in [0.15, 0.2) is 5.92 Å². The molecule has 8 nitrogen and oxygen atoms in total. The van der Waals surface area contributed by atoms with Crippen molar-refractivity contribution >= 4 is 36.9 Å². The summed E-state index contributed by atoms with van der Waals surface area (Å²) in [6.45, 7) is 9.71. The number of ether oxygens (including phenoxy) is 2. The van der Waals surface area contributed by atoms with Crippen LogP contribution in [0.2, 0.25) is 26.2 Å². The van der Waals surface area contributed by atoms with Crippen LogP contribution in [0.15, 0.2) is 67.0 Å². The topological polar surface area (TPSA) is 104 Å². The summed E-state index contributed by atoms with van der Waals surface area (Å²) in [5, 5.41) is 15.3. The van der Waals surface area contributed by atoms with Crippen LogP contribution in [-0.4, -0.2) is 40.6 Å². The summed E-state index contributed by atoms with van der Waals surface area (Å²) in [4.78, 5) is 0. The Labute approximate surface area is 263 Å². The Morgan fingerprint density at radius 1 is 0.622 bits per heavy atom. The van der Waals surface area contributed by atoms with Crippen LogP contribution >= 0.6 is 0 Å². The van der Waals surface area contributed by atoms with Crippen molar-refractivity contribution in [3.63, 3.8) is 0 Å². The SMILES string of the molecule is COc1cccc2c1C1(N)c3c(ccc4c3C3c5c-4ccc4c5C(N)(c5c(OC)cccc5[Si]4(C)C)[n+]4ncn[n+]1c43)[Si]2(C)C. The van der Waals surface area contributed by atoms with Crippen LogP contribution in [0.25, 0.3) is 11.1 Å². The first-order valence-electron chi connectivity index (χ1n) is 15.5. The second kappa shape index (κ2) is 7.59. The molecule has 1 aliphatic carbocycles. The van der Waals surface area contributed by atoms with Crippen LogP contribution in [0.5, 0.6) is 11.5 Å². The van der Waals surface area contributed by atoms with Gasteiger partial charge in [0.05, 0.1) is 36.5 Å². The van der Waals surface area contributed by atoms with Crippen molar-refractivity contribution in [2.75, 3.05) is 14.2 Å². The molecule has 0 fully saturated rings. The number of rotatable bonds is 2. The summed E-state index contributed by atoms with van der Waals surface area (Å²) < 4.78 is 16.3. The minimum absolute atomic E-state index is 0.100. The van der Waals surface area contributed by atoms with Crippen molar-refractivity contribution < 1.29 is 18.8 Å². The smallest absolute Gasteiger partial charge is 0.485 e. The zero-order chi connectivity index (χ0) is 31.0. The molecule has 2 atom stereocenters. The molecule has 4 aromatic carbocycles. The largest absolute Gasteiger partial charge is 0.496 e. The molecule has 45 heavy (non-hydrogen) atoms. The number of aromatic nitrogens is 4. The Bertz CT molecular complexity index is 2120. The van der Waals surface area contributed by atoms with Gasteiger partial charge in [0, 0.05) is 19.6 Å². The van der Waals surface area contributed by atoms with Gasteiger partial charge in [-0.3, -0.25) is 11.5 Å². The summed E-state index contributed by atoms with van der Waals surface area (Å²) in [7, 11) is -0.951. The molecule has 0 saturated heterocycles. The molecule has 0 spiro atoms. The molecule has 10 heteroatoms. The van der Waals surface area contributed by atoms with Crippen molar-refractivity contribution in [1.29, 1.82) is 0 Å². The van der Waals surface area contributed by atoms with Gasteiger partial charge in [-0.2, -0.15) is 0 Å². The van der Waals surface area contributed by atoms with E-state index in [1.54, 1.807) is 20.5 Å². The number of fused-ring (bicyclic) bond motifs is 7. The van der Waals surface area contributed by atoms with Crippen molar-refractivity contribution in [3.8, 4) is 22.6 Å². The predicted molar refractivity (Wildman–Crippen MR) is 175 cm³/mol. The van der Waals surface area contributed by atoms with Crippen molar-refractivity contribution in [2.24, 2.45) is 11.5 Å². The number of hydrogen-bond acceptors (Lipinski definition) is 6. The summed E-state index contributed by atoms with van der Waals surface area (Å²) in [6, 6.07) is 22.1. The number of methoxy groups -OCH3 is 2. The molecular weight excluding hydrogens is 593 g/mol. The maximum Gasteiger partial charge on any atom is 0.485 e. The maximum atomic E-state index is 7.94. The molecule has 5 heterocycles. The molecule has 0 saturated carbocycles. The quantitative estimate of drug-likeness (QED) is 0.215. The van der Waals surface area contributed by atoms with E-state index >= 15 is 0 Å². The standard InChI is InChI=1S/C35H34N6O2Si2/c1-42-20-9-7-11-22-29(20)34(36)31-24(44(22,3)4)15-13-18-19-14-16-25-32-27(19)28(26(18)31)33-40(34)38-17-39-41(33)35(32,37)30-21(43-2)10-8-12-23(30)45(25,5)6/h7-17,28H,36-37H2,1-6H3/q+2. The highest BCUT2D eigenvalue weighted by Gasteiger charge is 2.72. The first-order chi connectivity index (χ1) is 21.5. The Kier molecular flexibility index (Phi) is 4.39. The molecule has 2 unspecified atom stereocenters. The molecule has 1 aromatic heterocycles. The van der Waals surface area contributed by atoms with Gasteiger partial charge in [-0.05, 0) is 55.1 Å². The summed E-state index contributed by atoms with van der Waals surface area (Å²) >= 11 is 0. The molecule has 4 aliphatic heterocycles. The highest BCUT2D eigenvalue weighted by molar-refractivity contribution is 7.02. The summed E-state index contributed by atoms with van der Waals surface area (Å²) in [5.74, 6) is 2.33. The first kappa shape index (κ1) is 26.0. The normalized spacial score (nSPS) is 25.2. The van der Waals surface area contributed by atoms with Crippen LogP contribution < -0.4 is 51.1 Å². The highest BCUT2D eigenvalue weighted by atomic mass is 28.3. The van der Waals surface area contributed by atoms with Gasteiger partial charge in [0.1, 0.15) is 27.6 Å². The van der Waals surface area contributed by atoms with Gasteiger partial charge in [-0.1, -0.05) is 74.7 Å². The van der Waals surface area contributed by atoms with E-state index in [0.717, 1.165) is 28.5 Å². The lowest BCUT2D eigenvalue weighted by Gasteiger charge is -2.45. The lowest BCUT2D eigenvalue weighted by Crippen LogP contribution is -2.85. The van der Waals surface area contributed by atoms with E-state index in [9.17, 15) is 0 Å². The predicted octanol–water partition coefficient (Wildman–Crippen LogP) is 0.544. The zero-order valence-electron chi connectivity index (χ0n) is 26.2. The molecule has 0 radical (unpaired) electrons. The molecule has 5 aromatic rings. The monoisotopic (exact) mass is 626 g/mol. The van der Waals surface area contributed by atoms with Crippen LogP contribution in [0.1, 0.15) is 45.1 Å². The van der Waals surface area contributed by atoms with Gasteiger partial charge < -0.3 is 9.47 Å². The van der Waals surface area contributed by atoms with Crippen LogP contribution in [0.3, 0.4) is 0 Å². The van der Waals surface area contributed by atoms with Crippen molar-refractivity contribution in [2.45, 2.75) is 43.4 Å². The van der Waals surface area contributed by atoms with Gasteiger partial charge in [0.25, 0.3) is 0 Å². The molecule has 10 rings (SSSR count). The third kappa shape index (κ3) is 2.46. The molecule has 4 N–H and O–H groups in total. The van der Waals surface area contributed by atoms with Gasteiger partial charge in [-0.25, -0.2) is 0 Å². The molecule has 0 amide bonds. The number of nitrogens with zero attached hydrogens (tertiary/aromatic N) is 4. The fraction of sp³-hybridized carbons (Fsp3) is 0.257. The second-order valence-electron chi connectivity index (χ2n) is 14.2. The lowest BCUT2D eigenvalue weighted by atomic mass is 9.74. The van der Waals surface area contributed by atoms with E-state index in [4.69, 9.17) is 31.1 Å². The van der Waals surface area contributed by atoms with Crippen LogP contribution in [0, 0.1) is 0 Å². The Morgan fingerprint density at radius 3 is 1.47 bits per heavy atom. The van der Waals surface area contributed by atoms with E-state index in [1.807, 2.05) is 21.5 Å². The average Bonchev–Trinajstić information content (AvgIpc) is 3.39. The van der Waals surface area contributed by atoms with Gasteiger partial charge in [0.2, 0.25) is 6.33 Å². The third-order valence-electron chi connectivity index (χ3n) is 11.8. The number of nitrogens with two attached hydrogens (primary N) is 2. The minimum Gasteiger partial charge on any atom is -0.496 e. The fourth-order valence-electron chi connectivity index (χ4n) is 9.89. The first-order valence-corrected chi connectivity index (χ1v) is 21.5. The Hall–Kier alpha value is -4.23. The fourth-order valence-corrected chi connectivity index (χ4v) is 16.3. The molecular formula is C35H34N6O2Si2+2. The van der Waals surface area contributed by atoms with Crippen LogP contribution in [0.4, 0.5) is 0 Å². The number of benzene rings is 4. The van der Waals surface area contributed by atoms with Crippen molar-refractivity contribution in [1.82, 2.24) is 10.2 Å². The lowest BCUT2D eigenvalue weighted by molar-refractivity contribution is -0.932. The van der Waals surface area contributed by atoms with Gasteiger partial charge >= 0.3 is 17.2 Å². The average molecular weight is 627 g/mol. The van der Waals surface area contributed by atoms with E-state index < -0.39 is 27.5 Å². The van der Waals surface area contributed by atoms with E-state index in [2.05, 4.69) is 74.7 Å². The van der Waals surface area contributed by atoms with E-state index in [-0.39, 0.29) is 5.92 Å². The Balaban J connectivity index is 1.45. The minimum atomic E-state index is -2.21. The second-order valence-corrected chi connectivity index (χ2v) is 22.9. The highest BCUT2D eigenvalue weighted by Crippen LogP contribution is 2.58. The summed E-state index contributed by atoms with van der Waals surface area (Å²) in [5.41, 5.74) is 22.9. The van der Waals surface area contributed by atoms with Crippen LogP contribution in [-0.2, 0) is 11.3 Å². The van der Waals surface area contributed by atoms with Gasteiger partial charge in [-0.15, -0.1) is 0 Å². The zero-order valence-corrected chi connectivity index (χ0v) is 28.2.